The van der Waals surface area contributed by atoms with Gasteiger partial charge < -0.3 is 24.1 Å². The molecule has 4 atom stereocenters. The van der Waals surface area contributed by atoms with Gasteiger partial charge in [0.25, 0.3) is 12.3 Å². The third kappa shape index (κ3) is 5.11. The Hall–Kier alpha value is -4.61. The molecule has 4 aliphatic rings. The van der Waals surface area contributed by atoms with E-state index in [1.165, 1.54) is 21.0 Å². The fraction of sp³-hybridized carbons (Fsp3) is 0.333. The average molecular weight is 627 g/mol. The molecule has 44 heavy (non-hydrogen) atoms. The van der Waals surface area contributed by atoms with E-state index < -0.39 is 53.1 Å². The molecular formula is C30H26F2N3O8S+. The van der Waals surface area contributed by atoms with Crippen LogP contribution in [-0.4, -0.2) is 76.8 Å². The number of aliphatic hydroxyl groups is 1. The van der Waals surface area contributed by atoms with E-state index in [-0.39, 0.29) is 59.2 Å². The first-order chi connectivity index (χ1) is 21.2. The lowest BCUT2D eigenvalue weighted by Gasteiger charge is -2.31. The fourth-order valence-electron chi connectivity index (χ4n) is 5.68. The van der Waals surface area contributed by atoms with Crippen LogP contribution in [0.2, 0.25) is 0 Å². The molecule has 14 heteroatoms. The van der Waals surface area contributed by atoms with Crippen LogP contribution < -0.4 is 15.6 Å². The lowest BCUT2D eigenvalue weighted by molar-refractivity contribution is -0.591. The topological polar surface area (TPSA) is 128 Å². The zero-order valence-electron chi connectivity index (χ0n) is 23.2. The van der Waals surface area contributed by atoms with Crippen LogP contribution in [0.5, 0.6) is 5.75 Å². The number of halogens is 2. The molecule has 1 aromatic heterocycles. The first-order valence-corrected chi connectivity index (χ1v) is 14.6. The zero-order valence-corrected chi connectivity index (χ0v) is 24.1. The monoisotopic (exact) mass is 626 g/mol. The summed E-state index contributed by atoms with van der Waals surface area (Å²) in [6.07, 6.45) is 9.56. The van der Waals surface area contributed by atoms with Crippen LogP contribution in [0, 0.1) is 29.9 Å². The number of hydrogen-bond donors (Lipinski definition) is 2. The SMILES string of the molecule is C#C[C@H](OC(=O)Oc1c2n(c(-c3cc(F)c(F)c4c3CC3C=CC=CC3SC4)cc1=O)NC1COCC[N+]1=C2O)C(=O)OC. The van der Waals surface area contributed by atoms with E-state index >= 15 is 8.78 Å². The molecule has 3 unspecified atom stereocenters. The molecule has 2 aromatic rings. The van der Waals surface area contributed by atoms with Crippen molar-refractivity contribution in [3.05, 3.63) is 75.1 Å². The number of thioether (sulfide) groups is 1. The maximum Gasteiger partial charge on any atom is 0.515 e. The average Bonchev–Trinajstić information content (AvgIpc) is 3.23. The Bertz CT molecular complexity index is 1760. The fourth-order valence-corrected chi connectivity index (χ4v) is 6.97. The van der Waals surface area contributed by atoms with E-state index in [2.05, 4.69) is 10.2 Å². The number of carbonyl (C=O) groups excluding carboxylic acids is 2. The summed E-state index contributed by atoms with van der Waals surface area (Å²) in [5, 5.41) is 11.5. The van der Waals surface area contributed by atoms with Crippen molar-refractivity contribution >= 4 is 29.8 Å². The molecule has 3 aliphatic heterocycles. The lowest BCUT2D eigenvalue weighted by atomic mass is 9.87. The smallest absolute Gasteiger partial charge is 0.466 e. The van der Waals surface area contributed by atoms with Gasteiger partial charge in [-0.3, -0.25) is 10.2 Å². The van der Waals surface area contributed by atoms with Crippen LogP contribution in [0.3, 0.4) is 0 Å². The predicted octanol–water partition coefficient (Wildman–Crippen LogP) is 2.61. The number of benzene rings is 1. The summed E-state index contributed by atoms with van der Waals surface area (Å²) in [6.45, 7) is 0.601. The Morgan fingerprint density at radius 1 is 1.27 bits per heavy atom. The minimum Gasteiger partial charge on any atom is -0.466 e. The quantitative estimate of drug-likeness (QED) is 0.297. The maximum atomic E-state index is 15.3. The number of fused-ring (bicyclic) bond motifs is 4. The number of methoxy groups -OCH3 is 1. The van der Waals surface area contributed by atoms with E-state index in [1.54, 1.807) is 0 Å². The minimum absolute atomic E-state index is 0.0196. The summed E-state index contributed by atoms with van der Waals surface area (Å²) in [7, 11) is 1.04. The highest BCUT2D eigenvalue weighted by Gasteiger charge is 2.42. The van der Waals surface area contributed by atoms with Gasteiger partial charge in [-0.2, -0.15) is 4.58 Å². The van der Waals surface area contributed by atoms with Gasteiger partial charge in [-0.15, -0.1) is 18.2 Å². The summed E-state index contributed by atoms with van der Waals surface area (Å²) < 4.78 is 53.4. The van der Waals surface area contributed by atoms with Gasteiger partial charge in [-0.25, -0.2) is 23.0 Å². The number of hydrogen-bond acceptors (Lipinski definition) is 9. The van der Waals surface area contributed by atoms with Gasteiger partial charge in [-0.05, 0) is 24.0 Å². The molecule has 1 aromatic carbocycles. The molecule has 0 amide bonds. The number of allylic oxidation sites excluding steroid dienone is 3. The van der Waals surface area contributed by atoms with Crippen LogP contribution in [0.4, 0.5) is 13.6 Å². The molecule has 6 rings (SSSR count). The highest BCUT2D eigenvalue weighted by molar-refractivity contribution is 7.99. The third-order valence-corrected chi connectivity index (χ3v) is 9.14. The van der Waals surface area contributed by atoms with Crippen molar-refractivity contribution in [2.24, 2.45) is 5.92 Å². The Balaban J connectivity index is 1.52. The van der Waals surface area contributed by atoms with E-state index in [4.69, 9.17) is 20.6 Å². The van der Waals surface area contributed by atoms with Gasteiger partial charge in [-0.1, -0.05) is 30.2 Å². The van der Waals surface area contributed by atoms with E-state index in [1.807, 2.05) is 30.2 Å². The number of carbonyl (C=O) groups is 2. The second-order valence-corrected chi connectivity index (χ2v) is 11.4. The van der Waals surface area contributed by atoms with Gasteiger partial charge in [0.15, 0.2) is 18.2 Å². The normalized spacial score (nSPS) is 22.2. The highest BCUT2D eigenvalue weighted by Crippen LogP contribution is 2.42. The molecule has 1 aliphatic carbocycles. The molecule has 0 bridgehead atoms. The Morgan fingerprint density at radius 2 is 2.07 bits per heavy atom. The maximum absolute atomic E-state index is 15.3. The number of aromatic nitrogens is 1. The molecule has 11 nitrogen and oxygen atoms in total. The number of aliphatic hydroxyl groups excluding tert-OH is 1. The third-order valence-electron chi connectivity index (χ3n) is 7.79. The summed E-state index contributed by atoms with van der Waals surface area (Å²) in [4.78, 5) is 38.1. The number of ether oxygens (including phenoxy) is 4. The van der Waals surface area contributed by atoms with Gasteiger partial charge >= 0.3 is 18.0 Å². The van der Waals surface area contributed by atoms with Crippen molar-refractivity contribution in [2.45, 2.75) is 29.7 Å². The van der Waals surface area contributed by atoms with Crippen LogP contribution in [0.1, 0.15) is 16.8 Å². The Morgan fingerprint density at radius 3 is 2.84 bits per heavy atom. The molecule has 4 heterocycles. The van der Waals surface area contributed by atoms with Crippen molar-refractivity contribution in [1.82, 2.24) is 4.68 Å². The summed E-state index contributed by atoms with van der Waals surface area (Å²) >= 11 is 1.49. The number of nitrogens with zero attached hydrogens (tertiary/aromatic N) is 2. The van der Waals surface area contributed by atoms with Crippen LogP contribution in [0.25, 0.3) is 11.3 Å². The second kappa shape index (κ2) is 11.8. The number of nitrogens with one attached hydrogen (secondary N) is 1. The number of esters is 1. The van der Waals surface area contributed by atoms with E-state index in [0.717, 1.165) is 19.2 Å². The van der Waals surface area contributed by atoms with Gasteiger partial charge in [0.1, 0.15) is 13.2 Å². The zero-order chi connectivity index (χ0) is 31.1. The molecule has 1 fully saturated rings. The van der Waals surface area contributed by atoms with Crippen molar-refractivity contribution in [2.75, 3.05) is 32.3 Å². The molecule has 0 spiro atoms. The molecule has 0 radical (unpaired) electrons. The van der Waals surface area contributed by atoms with Crippen molar-refractivity contribution in [3.63, 3.8) is 0 Å². The largest absolute Gasteiger partial charge is 0.515 e. The standard InChI is InChI=1S/C30H25F2N3O8S/c1-3-22(29(38)40-2)42-30(39)43-27-21(36)12-20(35-26(27)28(37)34-8-9-41-13-24(34)33-35)17-11-19(31)25(32)18-14-44-23-7-5-4-6-15(23)10-16(17)18/h1,4-7,11-12,15,22-24,33H,8-10,13-14H2,2H3/p+1/t15?,22-,23?,24?/m0/s1. The Kier molecular flexibility index (Phi) is 7.91. The summed E-state index contributed by atoms with van der Waals surface area (Å²) in [5.41, 5.74) is 2.97. The Labute approximate surface area is 253 Å². The number of pyridine rings is 1. The summed E-state index contributed by atoms with van der Waals surface area (Å²) in [6, 6.07) is 2.11. The molecule has 1 saturated heterocycles. The molecule has 228 valence electrons. The van der Waals surface area contributed by atoms with E-state index in [9.17, 15) is 19.5 Å². The van der Waals surface area contributed by atoms with Gasteiger partial charge in [0, 0.05) is 28.2 Å². The predicted molar refractivity (Wildman–Crippen MR) is 154 cm³/mol. The highest BCUT2D eigenvalue weighted by atomic mass is 32.2. The summed E-state index contributed by atoms with van der Waals surface area (Å²) in [5.74, 6) is -2.09. The molecule has 0 saturated carbocycles. The number of morpholine rings is 1. The second-order valence-electron chi connectivity index (χ2n) is 10.3. The number of terminal acetylenes is 1. The van der Waals surface area contributed by atoms with Crippen LogP contribution >= 0.6 is 11.8 Å². The molecule has 2 N–H and O–H groups in total. The molecular weight excluding hydrogens is 600 g/mol. The van der Waals surface area contributed by atoms with Crippen molar-refractivity contribution in [3.8, 4) is 29.4 Å². The van der Waals surface area contributed by atoms with Crippen molar-refractivity contribution < 1.29 is 47.0 Å². The lowest BCUT2D eigenvalue weighted by Crippen LogP contribution is -2.54. The van der Waals surface area contributed by atoms with Gasteiger partial charge in [0.05, 0.1) is 12.8 Å². The van der Waals surface area contributed by atoms with E-state index in [0.29, 0.717) is 12.0 Å². The van der Waals surface area contributed by atoms with Crippen LogP contribution in [0.15, 0.2) is 41.2 Å². The van der Waals surface area contributed by atoms with Crippen molar-refractivity contribution in [1.29, 1.82) is 0 Å². The minimum atomic E-state index is -1.76. The first-order valence-electron chi connectivity index (χ1n) is 13.6. The van der Waals surface area contributed by atoms with Crippen LogP contribution in [-0.2, 0) is 31.2 Å². The first kappa shape index (κ1) is 29.5. The van der Waals surface area contributed by atoms with Gasteiger partial charge in [0.2, 0.25) is 16.9 Å². The number of rotatable bonds is 4.